The molecule has 0 saturated heterocycles. The summed E-state index contributed by atoms with van der Waals surface area (Å²) in [7, 11) is 2.97. The third kappa shape index (κ3) is 5.17. The average Bonchev–Trinajstić information content (AvgIpc) is 3.47. The van der Waals surface area contributed by atoms with E-state index in [4.69, 9.17) is 14.2 Å². The minimum Gasteiger partial charge on any atom is -0.502 e. The number of carbonyl (C=O) groups excluding carboxylic acids is 1. The molecule has 47 heavy (non-hydrogen) atoms. The number of aliphatic hydroxyl groups excluding tert-OH is 1. The molecule has 6 rings (SSSR count). The number of carbonyl (C=O) groups is 1. The lowest BCUT2D eigenvalue weighted by Gasteiger charge is -2.72. The summed E-state index contributed by atoms with van der Waals surface area (Å²) in [6.45, 7) is 19.6. The van der Waals surface area contributed by atoms with Gasteiger partial charge >= 0.3 is 5.97 Å². The van der Waals surface area contributed by atoms with Gasteiger partial charge in [0.25, 0.3) is 0 Å². The highest BCUT2D eigenvalue weighted by Gasteiger charge is 2.70. The average molecular weight is 649 g/mol. The molecule has 0 radical (unpaired) electrons. The van der Waals surface area contributed by atoms with E-state index in [0.717, 1.165) is 25.7 Å². The van der Waals surface area contributed by atoms with Crippen molar-refractivity contribution in [1.82, 2.24) is 0 Å². The van der Waals surface area contributed by atoms with Crippen LogP contribution in [0.1, 0.15) is 105 Å². The number of allylic oxidation sites excluding steroid dienone is 1. The smallest absolute Gasteiger partial charge is 0.331 e. The number of rotatable bonds is 7. The first-order chi connectivity index (χ1) is 22.2. The van der Waals surface area contributed by atoms with Crippen LogP contribution in [0.15, 0.2) is 30.4 Å². The largest absolute Gasteiger partial charge is 0.502 e. The summed E-state index contributed by atoms with van der Waals surface area (Å²) in [6, 6.07) is 3.35. The van der Waals surface area contributed by atoms with Gasteiger partial charge in [-0.3, -0.25) is 0 Å². The number of benzene rings is 1. The molecule has 5 aliphatic carbocycles. The number of phenolic OH excluding ortho intramolecular Hbond substituents is 1. The van der Waals surface area contributed by atoms with Gasteiger partial charge in [0, 0.05) is 18.1 Å². The van der Waals surface area contributed by atoms with E-state index in [1.807, 2.05) is 0 Å². The number of aromatic hydroxyl groups is 1. The summed E-state index contributed by atoms with van der Waals surface area (Å²) in [5, 5.41) is 21.0. The topological polar surface area (TPSA) is 85.2 Å². The van der Waals surface area contributed by atoms with E-state index in [-0.39, 0.29) is 51.0 Å². The predicted molar refractivity (Wildman–Crippen MR) is 186 cm³/mol. The van der Waals surface area contributed by atoms with Crippen molar-refractivity contribution in [3.63, 3.8) is 0 Å². The highest BCUT2D eigenvalue weighted by atomic mass is 16.5. The van der Waals surface area contributed by atoms with Crippen LogP contribution in [0.4, 0.5) is 0 Å². The molecular formula is C41H60O6. The van der Waals surface area contributed by atoms with Gasteiger partial charge in [0.2, 0.25) is 5.75 Å². The summed E-state index contributed by atoms with van der Waals surface area (Å²) in [5.74, 6) is 4.25. The number of fused-ring (bicyclic) bond motifs is 7. The lowest BCUT2D eigenvalue weighted by atomic mass is 9.32. The van der Waals surface area contributed by atoms with Gasteiger partial charge in [0.1, 0.15) is 6.10 Å². The lowest BCUT2D eigenvalue weighted by molar-refractivity contribution is -0.250. The molecule has 2 N–H and O–H groups in total. The first kappa shape index (κ1) is 34.4. The van der Waals surface area contributed by atoms with E-state index in [1.165, 1.54) is 58.0 Å². The van der Waals surface area contributed by atoms with Gasteiger partial charge in [-0.05, 0) is 146 Å². The van der Waals surface area contributed by atoms with Crippen LogP contribution in [0, 0.1) is 63.1 Å². The second-order valence-electron chi connectivity index (χ2n) is 17.5. The van der Waals surface area contributed by atoms with Crippen LogP contribution in [0.25, 0.3) is 6.08 Å². The number of phenols is 1. The Balaban J connectivity index is 1.22. The first-order valence-corrected chi connectivity index (χ1v) is 18.3. The van der Waals surface area contributed by atoms with Crippen LogP contribution in [0.3, 0.4) is 0 Å². The van der Waals surface area contributed by atoms with Crippen molar-refractivity contribution < 1.29 is 29.2 Å². The van der Waals surface area contributed by atoms with E-state index in [0.29, 0.717) is 53.6 Å². The molecule has 11 atom stereocenters. The molecule has 0 amide bonds. The number of hydrogen-bond donors (Lipinski definition) is 2. The van der Waals surface area contributed by atoms with Gasteiger partial charge in [-0.15, -0.1) is 0 Å². The van der Waals surface area contributed by atoms with Crippen molar-refractivity contribution in [2.45, 2.75) is 105 Å². The highest BCUT2D eigenvalue weighted by Crippen LogP contribution is 2.76. The molecule has 6 heteroatoms. The van der Waals surface area contributed by atoms with Gasteiger partial charge in [0.15, 0.2) is 11.5 Å². The SMILES string of the molecule is C=C(C)[C@@H]1CC[C@@H]2[C@@H](CO)C[C@]3(C)[C@H](CC[C@@H]4[C@@]5(C)CC[C@@H](OC(=O)/C=C\c6cc(OC)c(O)c(OC)c6)C(C)(C)[C@@H]5CC[C@]43C)[C@H]21. The number of hydrogen-bond acceptors (Lipinski definition) is 6. The molecule has 0 aromatic heterocycles. The summed E-state index contributed by atoms with van der Waals surface area (Å²) in [5.41, 5.74) is 2.49. The van der Waals surface area contributed by atoms with Crippen molar-refractivity contribution >= 4 is 12.0 Å². The third-order valence-corrected chi connectivity index (χ3v) is 15.4. The molecule has 0 unspecified atom stereocenters. The number of ether oxygens (including phenoxy) is 3. The molecule has 0 spiro atoms. The predicted octanol–water partition coefficient (Wildman–Crippen LogP) is 8.84. The lowest BCUT2D eigenvalue weighted by Crippen LogP contribution is -2.67. The molecule has 5 saturated carbocycles. The number of aliphatic hydroxyl groups is 1. The minimum absolute atomic E-state index is 0.0664. The van der Waals surface area contributed by atoms with Gasteiger partial charge in [0.05, 0.1) is 14.2 Å². The summed E-state index contributed by atoms with van der Waals surface area (Å²) in [4.78, 5) is 13.2. The molecular weight excluding hydrogens is 588 g/mol. The van der Waals surface area contributed by atoms with E-state index in [2.05, 4.69) is 48.1 Å². The molecule has 5 fully saturated rings. The molecule has 260 valence electrons. The number of methoxy groups -OCH3 is 2. The summed E-state index contributed by atoms with van der Waals surface area (Å²) >= 11 is 0. The Morgan fingerprint density at radius 2 is 1.62 bits per heavy atom. The number of esters is 1. The van der Waals surface area contributed by atoms with E-state index < -0.39 is 0 Å². The second-order valence-corrected chi connectivity index (χ2v) is 17.5. The Bertz CT molecular complexity index is 1390. The molecule has 0 aliphatic heterocycles. The van der Waals surface area contributed by atoms with E-state index in [9.17, 15) is 15.0 Å². The maximum Gasteiger partial charge on any atom is 0.331 e. The standard InChI is InChI=1S/C41H60O6/c1-24(2)27-11-12-28-26(23-42)22-41(7)29(36(27)28)13-14-33-39(5)18-17-34(38(3,4)32(39)16-19-40(33,41)6)47-35(43)15-10-25-20-30(45-8)37(44)31(21-25)46-9/h10,15,20-21,26-29,32-34,36,42,44H,1,11-14,16-19,22-23H2,2-9H3/b15-10-/t26-,27+,28-,29-,32+,33-,34-,36+,39+,40-,41-/m1/s1. The van der Waals surface area contributed by atoms with Gasteiger partial charge in [-0.1, -0.05) is 46.8 Å². The monoisotopic (exact) mass is 648 g/mol. The van der Waals surface area contributed by atoms with Gasteiger partial charge in [-0.25, -0.2) is 4.79 Å². The fourth-order valence-corrected chi connectivity index (χ4v) is 13.2. The van der Waals surface area contributed by atoms with Crippen LogP contribution in [-0.2, 0) is 9.53 Å². The van der Waals surface area contributed by atoms with Crippen LogP contribution in [0.5, 0.6) is 17.2 Å². The van der Waals surface area contributed by atoms with Gasteiger partial charge in [-0.2, -0.15) is 0 Å². The van der Waals surface area contributed by atoms with Crippen LogP contribution in [-0.4, -0.2) is 43.1 Å². The Morgan fingerprint density at radius 1 is 0.936 bits per heavy atom. The molecule has 0 bridgehead atoms. The van der Waals surface area contributed by atoms with Crippen LogP contribution in [0.2, 0.25) is 0 Å². The zero-order valence-electron chi connectivity index (χ0n) is 30.2. The van der Waals surface area contributed by atoms with Crippen molar-refractivity contribution in [3.8, 4) is 17.2 Å². The zero-order valence-corrected chi connectivity index (χ0v) is 30.2. The molecule has 6 nitrogen and oxygen atoms in total. The van der Waals surface area contributed by atoms with Crippen LogP contribution >= 0.6 is 0 Å². The van der Waals surface area contributed by atoms with E-state index >= 15 is 0 Å². The molecule has 1 aromatic rings. The summed E-state index contributed by atoms with van der Waals surface area (Å²) < 4.78 is 16.8. The first-order valence-electron chi connectivity index (χ1n) is 18.3. The third-order valence-electron chi connectivity index (χ3n) is 15.4. The maximum absolute atomic E-state index is 13.2. The summed E-state index contributed by atoms with van der Waals surface area (Å²) in [6.07, 6.45) is 13.5. The Kier molecular flexibility index (Phi) is 8.89. The minimum atomic E-state index is -0.346. The Hall–Kier alpha value is -2.47. The normalized spacial score (nSPS) is 42.1. The van der Waals surface area contributed by atoms with Crippen molar-refractivity contribution in [2.75, 3.05) is 20.8 Å². The fraction of sp³-hybridized carbons (Fsp3) is 0.732. The van der Waals surface area contributed by atoms with Crippen LogP contribution < -0.4 is 9.47 Å². The Labute approximate surface area is 283 Å². The molecule has 1 aromatic carbocycles. The van der Waals surface area contributed by atoms with Crippen molar-refractivity contribution in [2.24, 2.45) is 63.1 Å². The van der Waals surface area contributed by atoms with Crippen molar-refractivity contribution in [1.29, 1.82) is 0 Å². The Morgan fingerprint density at radius 3 is 2.23 bits per heavy atom. The van der Waals surface area contributed by atoms with Crippen molar-refractivity contribution in [3.05, 3.63) is 35.9 Å². The maximum atomic E-state index is 13.2. The highest BCUT2D eigenvalue weighted by molar-refractivity contribution is 5.87. The van der Waals surface area contributed by atoms with E-state index in [1.54, 1.807) is 18.2 Å². The quantitative estimate of drug-likeness (QED) is 0.175. The molecule has 0 heterocycles. The fourth-order valence-electron chi connectivity index (χ4n) is 13.2. The molecule has 5 aliphatic rings. The zero-order chi connectivity index (χ0) is 34.1. The van der Waals surface area contributed by atoms with Gasteiger partial charge < -0.3 is 24.4 Å². The second kappa shape index (κ2) is 12.1.